The molecule has 0 heterocycles. The predicted octanol–water partition coefficient (Wildman–Crippen LogP) is 6.62. The van der Waals surface area contributed by atoms with E-state index in [2.05, 4.69) is 10.6 Å². The van der Waals surface area contributed by atoms with Crippen molar-refractivity contribution < 1.29 is 19.1 Å². The fraction of sp³-hybridized carbons (Fsp3) is 0.545. The van der Waals surface area contributed by atoms with Crippen LogP contribution in [0.5, 0.6) is 0 Å². The van der Waals surface area contributed by atoms with Gasteiger partial charge in [-0.1, -0.05) is 74.9 Å². The Hall–Kier alpha value is -3.35. The normalized spacial score (nSPS) is 13.4. The lowest BCUT2D eigenvalue weighted by Gasteiger charge is -2.45. The maximum Gasteiger partial charge on any atom is 0.408 e. The van der Waals surface area contributed by atoms with E-state index in [1.807, 2.05) is 97.0 Å². The number of ether oxygens (including phenoxy) is 1. The van der Waals surface area contributed by atoms with Crippen LogP contribution in [0.4, 0.5) is 4.79 Å². The van der Waals surface area contributed by atoms with Crippen molar-refractivity contribution in [3.63, 3.8) is 0 Å². The molecule has 2 rings (SSSR count). The van der Waals surface area contributed by atoms with Gasteiger partial charge in [-0.25, -0.2) is 4.79 Å². The van der Waals surface area contributed by atoms with Gasteiger partial charge >= 0.3 is 6.09 Å². The molecule has 7 nitrogen and oxygen atoms in total. The molecule has 0 spiro atoms. The second-order valence-electron chi connectivity index (χ2n) is 12.7. The van der Waals surface area contributed by atoms with Crippen LogP contribution in [0.2, 0.25) is 0 Å². The van der Waals surface area contributed by atoms with Crippen molar-refractivity contribution in [1.29, 1.82) is 0 Å². The zero-order chi connectivity index (χ0) is 30.3. The fourth-order valence-electron chi connectivity index (χ4n) is 4.59. The molecule has 0 radical (unpaired) electrons. The lowest BCUT2D eigenvalue weighted by atomic mass is 9.89. The van der Waals surface area contributed by atoms with Gasteiger partial charge in [0.25, 0.3) is 0 Å². The predicted molar refractivity (Wildman–Crippen MR) is 161 cm³/mol. The number of carbonyl (C=O) groups excluding carboxylic acids is 3. The van der Waals surface area contributed by atoms with E-state index < -0.39 is 29.3 Å². The standard InChI is InChI=1S/C33H49N3O4/c1-11-33(9,10)36(30(38)27(19-22(2)3)35-31(39)40-32(6,7)8)28(26-20-23(4)17-18-24(26)5)29(37)34-21-25-15-13-12-14-16-25/h12-18,20,22,27-28H,11,19,21H2,1-10H3,(H,34,37)(H,35,39). The van der Waals surface area contributed by atoms with Crippen LogP contribution in [-0.2, 0) is 20.9 Å². The Bertz CT molecular complexity index is 1150. The number of nitrogens with one attached hydrogen (secondary N) is 2. The first-order valence-electron chi connectivity index (χ1n) is 14.3. The minimum absolute atomic E-state index is 0.113. The van der Waals surface area contributed by atoms with E-state index in [0.717, 1.165) is 22.3 Å². The van der Waals surface area contributed by atoms with Crippen molar-refractivity contribution in [3.8, 4) is 0 Å². The molecule has 0 saturated heterocycles. The smallest absolute Gasteiger partial charge is 0.408 e. The summed E-state index contributed by atoms with van der Waals surface area (Å²) in [6.45, 7) is 19.6. The number of hydrogen-bond donors (Lipinski definition) is 2. The van der Waals surface area contributed by atoms with E-state index in [1.165, 1.54) is 0 Å². The average molecular weight is 552 g/mol. The molecule has 0 saturated carbocycles. The molecule has 3 amide bonds. The molecule has 0 aromatic heterocycles. The lowest BCUT2D eigenvalue weighted by molar-refractivity contribution is -0.149. The van der Waals surface area contributed by atoms with Gasteiger partial charge in [-0.2, -0.15) is 0 Å². The van der Waals surface area contributed by atoms with E-state index in [-0.39, 0.29) is 17.7 Å². The molecular formula is C33H49N3O4. The van der Waals surface area contributed by atoms with Crippen LogP contribution in [0.1, 0.15) is 96.5 Å². The molecular weight excluding hydrogens is 502 g/mol. The van der Waals surface area contributed by atoms with Crippen molar-refractivity contribution >= 4 is 17.9 Å². The van der Waals surface area contributed by atoms with Crippen LogP contribution in [0.3, 0.4) is 0 Å². The third-order valence-corrected chi connectivity index (χ3v) is 7.00. The number of amides is 3. The van der Waals surface area contributed by atoms with Crippen LogP contribution < -0.4 is 10.6 Å². The number of aryl methyl sites for hydroxylation is 2. The van der Waals surface area contributed by atoms with Gasteiger partial charge in [-0.3, -0.25) is 9.59 Å². The third-order valence-electron chi connectivity index (χ3n) is 7.00. The van der Waals surface area contributed by atoms with E-state index >= 15 is 0 Å². The maximum absolute atomic E-state index is 14.6. The Morgan fingerprint density at radius 3 is 2.12 bits per heavy atom. The van der Waals surface area contributed by atoms with Crippen LogP contribution in [0, 0.1) is 19.8 Å². The monoisotopic (exact) mass is 551 g/mol. The highest BCUT2D eigenvalue weighted by Gasteiger charge is 2.43. The third kappa shape index (κ3) is 9.39. The van der Waals surface area contributed by atoms with Crippen LogP contribution in [-0.4, -0.2) is 40.0 Å². The first-order valence-corrected chi connectivity index (χ1v) is 14.3. The second kappa shape index (κ2) is 13.8. The summed E-state index contributed by atoms with van der Waals surface area (Å²) in [4.78, 5) is 43.2. The fourth-order valence-corrected chi connectivity index (χ4v) is 4.59. The second-order valence-corrected chi connectivity index (χ2v) is 12.7. The van der Waals surface area contributed by atoms with Crippen LogP contribution >= 0.6 is 0 Å². The summed E-state index contributed by atoms with van der Waals surface area (Å²) >= 11 is 0. The van der Waals surface area contributed by atoms with Gasteiger partial charge in [0.05, 0.1) is 0 Å². The number of rotatable bonds is 11. The Morgan fingerprint density at radius 2 is 1.57 bits per heavy atom. The molecule has 220 valence electrons. The molecule has 2 aromatic carbocycles. The van der Waals surface area contributed by atoms with Gasteiger partial charge in [0.2, 0.25) is 11.8 Å². The van der Waals surface area contributed by atoms with Gasteiger partial charge in [-0.15, -0.1) is 0 Å². The zero-order valence-electron chi connectivity index (χ0n) is 26.1. The minimum Gasteiger partial charge on any atom is -0.444 e. The highest BCUT2D eigenvalue weighted by molar-refractivity contribution is 5.93. The Balaban J connectivity index is 2.63. The summed E-state index contributed by atoms with van der Waals surface area (Å²) in [5.74, 6) is -0.471. The van der Waals surface area contributed by atoms with Gasteiger partial charge in [0.15, 0.2) is 0 Å². The first-order chi connectivity index (χ1) is 18.6. The number of alkyl carbamates (subject to hydrolysis) is 1. The van der Waals surface area contributed by atoms with Gasteiger partial charge < -0.3 is 20.3 Å². The lowest BCUT2D eigenvalue weighted by Crippen LogP contribution is -2.59. The summed E-state index contributed by atoms with van der Waals surface area (Å²) in [7, 11) is 0. The topological polar surface area (TPSA) is 87.7 Å². The van der Waals surface area contributed by atoms with E-state index in [4.69, 9.17) is 4.74 Å². The SMILES string of the molecule is CCC(C)(C)N(C(=O)C(CC(C)C)NC(=O)OC(C)(C)C)C(C(=O)NCc1ccccc1)c1cc(C)ccc1C. The first kappa shape index (κ1) is 32.9. The summed E-state index contributed by atoms with van der Waals surface area (Å²) in [5, 5.41) is 5.91. The molecule has 0 fully saturated rings. The largest absolute Gasteiger partial charge is 0.444 e. The van der Waals surface area contributed by atoms with Gasteiger partial charge in [-0.05, 0) is 83.9 Å². The molecule has 7 heteroatoms. The quantitative estimate of drug-likeness (QED) is 0.329. The summed E-state index contributed by atoms with van der Waals surface area (Å²) in [5.41, 5.74) is 2.22. The molecule has 0 aliphatic heterocycles. The molecule has 2 aromatic rings. The molecule has 0 bridgehead atoms. The highest BCUT2D eigenvalue weighted by atomic mass is 16.6. The van der Waals surface area contributed by atoms with E-state index in [1.54, 1.807) is 25.7 Å². The maximum atomic E-state index is 14.6. The summed E-state index contributed by atoms with van der Waals surface area (Å²) in [6, 6.07) is 13.9. The van der Waals surface area contributed by atoms with Crippen molar-refractivity contribution in [1.82, 2.24) is 15.5 Å². The Labute approximate surface area is 241 Å². The molecule has 2 N–H and O–H groups in total. The van der Waals surface area contributed by atoms with Crippen molar-refractivity contribution in [2.24, 2.45) is 5.92 Å². The molecule has 0 aliphatic rings. The minimum atomic E-state index is -0.902. The molecule has 0 aliphatic carbocycles. The van der Waals surface area contributed by atoms with Gasteiger partial charge in [0, 0.05) is 12.1 Å². The number of carbonyl (C=O) groups is 3. The zero-order valence-corrected chi connectivity index (χ0v) is 26.1. The Morgan fingerprint density at radius 1 is 0.950 bits per heavy atom. The molecule has 2 unspecified atom stereocenters. The summed E-state index contributed by atoms with van der Waals surface area (Å²) < 4.78 is 5.51. The molecule has 2 atom stereocenters. The molecule has 40 heavy (non-hydrogen) atoms. The Kier molecular flexibility index (Phi) is 11.4. The van der Waals surface area contributed by atoms with Crippen molar-refractivity contribution in [3.05, 3.63) is 70.8 Å². The summed E-state index contributed by atoms with van der Waals surface area (Å²) in [6.07, 6.45) is 0.351. The highest BCUT2D eigenvalue weighted by Crippen LogP contribution is 2.34. The van der Waals surface area contributed by atoms with E-state index in [0.29, 0.717) is 19.4 Å². The van der Waals surface area contributed by atoms with E-state index in [9.17, 15) is 14.4 Å². The van der Waals surface area contributed by atoms with Crippen LogP contribution in [0.25, 0.3) is 0 Å². The number of hydrogen-bond acceptors (Lipinski definition) is 4. The number of nitrogens with zero attached hydrogens (tertiary/aromatic N) is 1. The van der Waals surface area contributed by atoms with Gasteiger partial charge in [0.1, 0.15) is 17.7 Å². The number of benzene rings is 2. The van der Waals surface area contributed by atoms with Crippen LogP contribution in [0.15, 0.2) is 48.5 Å². The average Bonchev–Trinajstić information content (AvgIpc) is 2.85. The van der Waals surface area contributed by atoms with Crippen molar-refractivity contribution in [2.75, 3.05) is 0 Å². The van der Waals surface area contributed by atoms with Crippen molar-refractivity contribution in [2.45, 2.75) is 112 Å².